The van der Waals surface area contributed by atoms with Crippen molar-refractivity contribution in [3.05, 3.63) is 58.2 Å². The number of nitrogens with one attached hydrogen (secondary N) is 3. The molecule has 0 aliphatic carbocycles. The number of likely N-dealkylation sites (tertiary alicyclic amines) is 1. The van der Waals surface area contributed by atoms with Gasteiger partial charge in [0.25, 0.3) is 0 Å². The lowest BCUT2D eigenvalue weighted by atomic mass is 9.84. The van der Waals surface area contributed by atoms with E-state index in [1.165, 1.54) is 16.3 Å². The Kier molecular flexibility index (Phi) is 17.2. The third-order valence-electron chi connectivity index (χ3n) is 13.6. The fourth-order valence-electron chi connectivity index (χ4n) is 9.94. The highest BCUT2D eigenvalue weighted by molar-refractivity contribution is 14.1. The van der Waals surface area contributed by atoms with Crippen LogP contribution in [0.3, 0.4) is 0 Å². The molecule has 3 N–H and O–H groups in total. The number of urea groups is 1. The zero-order valence-electron chi connectivity index (χ0n) is 41.1. The predicted octanol–water partition coefficient (Wildman–Crippen LogP) is 6.99. The SMILES string of the molecule is CCn1c(-c2cccnc2[C@H](C)OC)c2c3cc(ccc31)-c1csc(n1)C[C@H]([C@@H](I)NC(=O)[C@H](C(C)C)N(C)C(=O)N1CCC(NCCOC)CC1)C(=O)N1CCC[C@H](N1)C(=O)OCC(C)(C)C2. The molecule has 0 unspecified atom stereocenters. The number of alkyl halides is 1. The Balaban J connectivity index is 1.21. The van der Waals surface area contributed by atoms with Gasteiger partial charge in [0.1, 0.15) is 12.1 Å². The first-order valence-electron chi connectivity index (χ1n) is 24.1. The van der Waals surface area contributed by atoms with E-state index in [-0.39, 0.29) is 42.9 Å². The minimum absolute atomic E-state index is 0.155. The zero-order chi connectivity index (χ0) is 48.9. The number of hydrazine groups is 1. The highest BCUT2D eigenvalue weighted by atomic mass is 127. The second kappa shape index (κ2) is 22.7. The molecule has 6 heterocycles. The summed E-state index contributed by atoms with van der Waals surface area (Å²) in [6.45, 7) is 16.0. The van der Waals surface area contributed by atoms with Crippen LogP contribution in [-0.2, 0) is 48.0 Å². The van der Waals surface area contributed by atoms with Crippen molar-refractivity contribution in [3.63, 3.8) is 0 Å². The number of rotatable bonds is 13. The number of benzene rings is 1. The molecule has 0 saturated carbocycles. The molecule has 2 fully saturated rings. The number of thiazole rings is 1. The van der Waals surface area contributed by atoms with Gasteiger partial charge in [0.15, 0.2) is 0 Å². The van der Waals surface area contributed by atoms with Crippen LogP contribution < -0.4 is 16.1 Å². The molecule has 2 saturated heterocycles. The number of fused-ring (bicyclic) bond motifs is 6. The van der Waals surface area contributed by atoms with Crippen LogP contribution in [0.4, 0.5) is 4.79 Å². The zero-order valence-corrected chi connectivity index (χ0v) is 44.1. The largest absolute Gasteiger partial charge is 0.464 e. The second-order valence-corrected chi connectivity index (χ2v) is 21.8. The summed E-state index contributed by atoms with van der Waals surface area (Å²) in [6.07, 6.45) is 5.10. The number of esters is 1. The smallest absolute Gasteiger partial charge is 0.324 e. The number of carbonyl (C=O) groups is 4. The van der Waals surface area contributed by atoms with Crippen LogP contribution >= 0.6 is 33.9 Å². The van der Waals surface area contributed by atoms with Crippen LogP contribution in [0.15, 0.2) is 41.9 Å². The summed E-state index contributed by atoms with van der Waals surface area (Å²) in [5, 5.41) is 12.0. The maximum Gasteiger partial charge on any atom is 0.324 e. The van der Waals surface area contributed by atoms with Crippen LogP contribution in [-0.4, -0.2) is 136 Å². The number of likely N-dealkylation sites (N-methyl/N-ethyl adjacent to an activating group) is 1. The number of hydrogen-bond donors (Lipinski definition) is 3. The molecule has 0 radical (unpaired) electrons. The molecule has 370 valence electrons. The van der Waals surface area contributed by atoms with Gasteiger partial charge in [-0.05, 0) is 81.7 Å². The third kappa shape index (κ3) is 11.5. The third-order valence-corrected chi connectivity index (χ3v) is 15.7. The summed E-state index contributed by atoms with van der Waals surface area (Å²) in [7, 11) is 5.06. The molecule has 5 atom stereocenters. The van der Waals surface area contributed by atoms with Gasteiger partial charge in [-0.2, -0.15) is 0 Å². The first kappa shape index (κ1) is 51.6. The van der Waals surface area contributed by atoms with E-state index in [1.54, 1.807) is 32.4 Å². The predicted molar refractivity (Wildman–Crippen MR) is 273 cm³/mol. The molecule has 3 aliphatic heterocycles. The standard InChI is InChI=1S/C50H70IN9O7S/c1-10-59-40-16-15-32-25-35(40)37(44(59)34-13-11-19-53-42(34)31(4)66-9)27-50(5,6)29-67-48(63)38-14-12-21-60(56-38)47(62)36(26-41-54-39(32)28-68-41)45(51)55-46(61)43(30(2)3)57(7)49(64)58-22-17-33(18-23-58)52-20-24-65-8/h11,13,15-16,19,25,28,30-31,33,36,38,43,45,52,56H,10,12,14,17-18,20-24,26-27,29H2,1-9H3,(H,55,61)/t31-,36+,38-,43-,45-/m0/s1. The Bertz CT molecular complexity index is 2420. The maximum atomic E-state index is 14.8. The van der Waals surface area contributed by atoms with Crippen LogP contribution in [0.5, 0.6) is 0 Å². The molecule has 6 bridgehead atoms. The van der Waals surface area contributed by atoms with E-state index in [2.05, 4.69) is 88.3 Å². The highest BCUT2D eigenvalue weighted by Crippen LogP contribution is 2.42. The maximum absolute atomic E-state index is 14.8. The van der Waals surface area contributed by atoms with Gasteiger partial charge < -0.3 is 39.2 Å². The molecular formula is C50H70IN9O7S. The van der Waals surface area contributed by atoms with Crippen molar-refractivity contribution in [3.8, 4) is 22.5 Å². The fraction of sp³-hybridized carbons (Fsp3) is 0.600. The number of piperidine rings is 1. The van der Waals surface area contributed by atoms with Gasteiger partial charge in [-0.15, -0.1) is 11.3 Å². The first-order valence-corrected chi connectivity index (χ1v) is 26.2. The Morgan fingerprint density at radius 2 is 1.87 bits per heavy atom. The lowest BCUT2D eigenvalue weighted by Crippen LogP contribution is -2.60. The average molecular weight is 1070 g/mol. The summed E-state index contributed by atoms with van der Waals surface area (Å²) >= 11 is 3.62. The number of methoxy groups -OCH3 is 2. The molecule has 1 aromatic carbocycles. The van der Waals surface area contributed by atoms with Crippen molar-refractivity contribution in [2.45, 2.75) is 115 Å². The lowest BCUT2D eigenvalue weighted by molar-refractivity contribution is -0.155. The van der Waals surface area contributed by atoms with Crippen molar-refractivity contribution >= 4 is 68.6 Å². The Hall–Kier alpha value is -4.21. The summed E-state index contributed by atoms with van der Waals surface area (Å²) in [5.74, 6) is -2.00. The van der Waals surface area contributed by atoms with E-state index in [1.807, 2.05) is 37.1 Å². The van der Waals surface area contributed by atoms with Gasteiger partial charge in [-0.25, -0.2) is 15.2 Å². The summed E-state index contributed by atoms with van der Waals surface area (Å²) in [4.78, 5) is 70.4. The molecule has 16 nitrogen and oxygen atoms in total. The number of pyridine rings is 1. The van der Waals surface area contributed by atoms with Gasteiger partial charge in [0.05, 0.1) is 51.4 Å². The van der Waals surface area contributed by atoms with E-state index in [4.69, 9.17) is 24.2 Å². The minimum Gasteiger partial charge on any atom is -0.464 e. The second-order valence-electron chi connectivity index (χ2n) is 19.5. The van der Waals surface area contributed by atoms with Crippen LogP contribution in [0.1, 0.15) is 89.6 Å². The Labute approximate surface area is 418 Å². The van der Waals surface area contributed by atoms with Crippen LogP contribution in [0.2, 0.25) is 0 Å². The van der Waals surface area contributed by atoms with Gasteiger partial charge in [0, 0.05) is 105 Å². The number of halogens is 1. The number of nitrogens with zero attached hydrogens (tertiary/aromatic N) is 6. The van der Waals surface area contributed by atoms with Gasteiger partial charge >= 0.3 is 12.0 Å². The van der Waals surface area contributed by atoms with Gasteiger partial charge in [0.2, 0.25) is 11.8 Å². The molecular weight excluding hydrogens is 998 g/mol. The normalized spacial score (nSPS) is 20.8. The van der Waals surface area contributed by atoms with Crippen molar-refractivity contribution < 1.29 is 33.4 Å². The molecule has 3 aromatic heterocycles. The number of ether oxygens (including phenoxy) is 3. The molecule has 4 aromatic rings. The van der Waals surface area contributed by atoms with E-state index in [9.17, 15) is 19.2 Å². The monoisotopic (exact) mass is 1070 g/mol. The number of aromatic nitrogens is 3. The van der Waals surface area contributed by atoms with Gasteiger partial charge in [-0.1, -0.05) is 56.4 Å². The summed E-state index contributed by atoms with van der Waals surface area (Å²) in [5.41, 5.74) is 9.54. The lowest BCUT2D eigenvalue weighted by Gasteiger charge is -2.39. The first-order chi connectivity index (χ1) is 32.5. The number of aryl methyl sites for hydroxylation is 1. The van der Waals surface area contributed by atoms with Crippen molar-refractivity contribution in [1.82, 2.24) is 45.4 Å². The van der Waals surface area contributed by atoms with Gasteiger partial charge in [-0.3, -0.25) is 24.4 Å². The average Bonchev–Trinajstić information content (AvgIpc) is 3.93. The summed E-state index contributed by atoms with van der Waals surface area (Å²) in [6, 6.07) is 9.11. The van der Waals surface area contributed by atoms with E-state index in [0.717, 1.165) is 69.1 Å². The molecule has 0 spiro atoms. The quantitative estimate of drug-likeness (QED) is 0.0415. The number of cyclic esters (lactones) is 1. The van der Waals surface area contributed by atoms with Crippen molar-refractivity contribution in [1.29, 1.82) is 0 Å². The van der Waals surface area contributed by atoms with Crippen LogP contribution in [0, 0.1) is 17.3 Å². The number of hydrogen-bond acceptors (Lipinski definition) is 12. The van der Waals surface area contributed by atoms with Crippen molar-refractivity contribution in [2.24, 2.45) is 17.3 Å². The molecule has 4 amide bonds. The Morgan fingerprint density at radius 3 is 2.57 bits per heavy atom. The van der Waals surface area contributed by atoms with E-state index < -0.39 is 33.4 Å². The topological polar surface area (TPSA) is 172 Å². The molecule has 3 aliphatic rings. The molecule has 7 rings (SSSR count). The van der Waals surface area contributed by atoms with E-state index >= 15 is 0 Å². The molecule has 18 heteroatoms. The number of amides is 4. The highest BCUT2D eigenvalue weighted by Gasteiger charge is 2.40. The van der Waals surface area contributed by atoms with E-state index in [0.29, 0.717) is 58.1 Å². The fourth-order valence-corrected chi connectivity index (χ4v) is 11.7. The molecule has 68 heavy (non-hydrogen) atoms. The summed E-state index contributed by atoms with van der Waals surface area (Å²) < 4.78 is 18.8. The van der Waals surface area contributed by atoms with Crippen LogP contribution in [0.25, 0.3) is 33.4 Å². The number of carbonyl (C=O) groups excluding carboxylic acids is 4. The Morgan fingerprint density at radius 1 is 1.10 bits per heavy atom. The minimum atomic E-state index is -0.786. The van der Waals surface area contributed by atoms with Crippen molar-refractivity contribution in [2.75, 3.05) is 60.7 Å².